The molecule has 5 heteroatoms. The van der Waals surface area contributed by atoms with Crippen LogP contribution in [0, 0.1) is 6.92 Å². The van der Waals surface area contributed by atoms with E-state index in [9.17, 15) is 5.11 Å². The Kier molecular flexibility index (Phi) is 5.45. The topological polar surface area (TPSA) is 45.6 Å². The molecule has 0 aliphatic rings. The molecule has 0 fully saturated rings. The van der Waals surface area contributed by atoms with Crippen molar-refractivity contribution in [2.45, 2.75) is 19.6 Å². The first-order valence-electron chi connectivity index (χ1n) is 7.99. The largest absolute Gasteiger partial charge is 0.491 e. The molecule has 0 bridgehead atoms. The fraction of sp³-hybridized carbons (Fsp3) is 0.316. The zero-order chi connectivity index (χ0) is 16.9. The van der Waals surface area contributed by atoms with E-state index < -0.39 is 6.10 Å². The van der Waals surface area contributed by atoms with Crippen LogP contribution >= 0.6 is 11.3 Å². The highest BCUT2D eigenvalue weighted by Crippen LogP contribution is 2.20. The number of aryl methyl sites for hydroxylation is 1. The smallest absolute Gasteiger partial charge is 0.120 e. The number of rotatable bonds is 7. The van der Waals surface area contributed by atoms with Crippen molar-refractivity contribution in [1.82, 2.24) is 9.88 Å². The Labute approximate surface area is 146 Å². The van der Waals surface area contributed by atoms with Gasteiger partial charge in [0.1, 0.15) is 23.5 Å². The summed E-state index contributed by atoms with van der Waals surface area (Å²) in [6, 6.07) is 14.1. The minimum absolute atomic E-state index is 0.277. The van der Waals surface area contributed by atoms with Gasteiger partial charge in [0.25, 0.3) is 0 Å². The molecule has 3 rings (SSSR count). The van der Waals surface area contributed by atoms with Crippen molar-refractivity contribution in [3.8, 4) is 5.75 Å². The highest BCUT2D eigenvalue weighted by molar-refractivity contribution is 7.09. The Morgan fingerprint density at radius 1 is 1.21 bits per heavy atom. The maximum Gasteiger partial charge on any atom is 0.120 e. The molecule has 24 heavy (non-hydrogen) atoms. The Morgan fingerprint density at radius 3 is 2.75 bits per heavy atom. The quantitative estimate of drug-likeness (QED) is 0.714. The van der Waals surface area contributed by atoms with E-state index in [0.29, 0.717) is 6.54 Å². The zero-order valence-corrected chi connectivity index (χ0v) is 14.8. The van der Waals surface area contributed by atoms with Gasteiger partial charge in [-0.2, -0.15) is 0 Å². The van der Waals surface area contributed by atoms with Crippen LogP contribution in [-0.4, -0.2) is 41.3 Å². The number of hydrogen-bond acceptors (Lipinski definition) is 5. The van der Waals surface area contributed by atoms with E-state index >= 15 is 0 Å². The van der Waals surface area contributed by atoms with Crippen LogP contribution in [0.2, 0.25) is 0 Å². The lowest BCUT2D eigenvalue weighted by Crippen LogP contribution is -2.32. The Bertz CT molecular complexity index is 803. The predicted molar refractivity (Wildman–Crippen MR) is 98.6 cm³/mol. The third kappa shape index (κ3) is 4.54. The molecular weight excluding hydrogens is 320 g/mol. The molecule has 1 heterocycles. The maximum absolute atomic E-state index is 10.2. The second-order valence-corrected chi connectivity index (χ2v) is 7.00. The Morgan fingerprint density at radius 2 is 2.00 bits per heavy atom. The van der Waals surface area contributed by atoms with Gasteiger partial charge < -0.3 is 9.84 Å². The first-order valence-corrected chi connectivity index (χ1v) is 8.87. The summed E-state index contributed by atoms with van der Waals surface area (Å²) in [6.45, 7) is 3.56. The SMILES string of the molecule is Cc1csc(CN(C)CC(O)COc2ccc3ccccc3c2)n1. The number of aliphatic hydroxyl groups is 1. The highest BCUT2D eigenvalue weighted by Gasteiger charge is 2.11. The van der Waals surface area contributed by atoms with Gasteiger partial charge in [0.15, 0.2) is 0 Å². The molecule has 1 unspecified atom stereocenters. The number of nitrogens with zero attached hydrogens (tertiary/aromatic N) is 2. The van der Waals surface area contributed by atoms with Gasteiger partial charge >= 0.3 is 0 Å². The number of likely N-dealkylation sites (N-methyl/N-ethyl adjacent to an activating group) is 1. The molecule has 126 valence electrons. The van der Waals surface area contributed by atoms with E-state index in [4.69, 9.17) is 4.74 Å². The molecule has 0 radical (unpaired) electrons. The van der Waals surface area contributed by atoms with E-state index in [0.717, 1.165) is 28.4 Å². The van der Waals surface area contributed by atoms with Gasteiger partial charge in [0.05, 0.1) is 6.54 Å². The summed E-state index contributed by atoms with van der Waals surface area (Å²) in [7, 11) is 1.98. The normalized spacial score (nSPS) is 12.7. The zero-order valence-electron chi connectivity index (χ0n) is 14.0. The molecule has 1 atom stereocenters. The molecule has 0 aliphatic heterocycles. The number of aliphatic hydroxyl groups excluding tert-OH is 1. The van der Waals surface area contributed by atoms with Crippen LogP contribution in [0.25, 0.3) is 10.8 Å². The van der Waals surface area contributed by atoms with Crippen LogP contribution < -0.4 is 4.74 Å². The number of thiazole rings is 1. The number of hydrogen-bond donors (Lipinski definition) is 1. The lowest BCUT2D eigenvalue weighted by atomic mass is 10.1. The number of benzene rings is 2. The number of aromatic nitrogens is 1. The molecule has 1 N–H and O–H groups in total. The van der Waals surface area contributed by atoms with Gasteiger partial charge in [-0.3, -0.25) is 4.90 Å². The first-order chi connectivity index (χ1) is 11.6. The summed E-state index contributed by atoms with van der Waals surface area (Å²) in [6.07, 6.45) is -0.539. The van der Waals surface area contributed by atoms with Crippen molar-refractivity contribution in [3.05, 3.63) is 58.5 Å². The molecule has 0 saturated carbocycles. The van der Waals surface area contributed by atoms with E-state index in [1.165, 1.54) is 5.39 Å². The van der Waals surface area contributed by atoms with E-state index in [2.05, 4.69) is 22.0 Å². The Balaban J connectivity index is 1.49. The second-order valence-electron chi connectivity index (χ2n) is 6.05. The third-order valence-corrected chi connectivity index (χ3v) is 4.71. The van der Waals surface area contributed by atoms with E-state index in [-0.39, 0.29) is 6.61 Å². The van der Waals surface area contributed by atoms with Crippen LogP contribution in [-0.2, 0) is 6.54 Å². The van der Waals surface area contributed by atoms with Gasteiger partial charge in [-0.05, 0) is 36.9 Å². The molecule has 0 spiro atoms. The van der Waals surface area contributed by atoms with Crippen molar-refractivity contribution in [3.63, 3.8) is 0 Å². The molecule has 0 amide bonds. The summed E-state index contributed by atoms with van der Waals surface area (Å²) in [5.74, 6) is 0.783. The van der Waals surface area contributed by atoms with Crippen LogP contribution in [0.5, 0.6) is 5.75 Å². The standard InChI is InChI=1S/C19H22N2O2S/c1-14-13-24-19(20-14)11-21(2)10-17(22)12-23-18-8-7-15-5-3-4-6-16(15)9-18/h3-9,13,17,22H,10-12H2,1-2H3. The number of ether oxygens (including phenoxy) is 1. The van der Waals surface area contributed by atoms with Crippen molar-refractivity contribution in [1.29, 1.82) is 0 Å². The monoisotopic (exact) mass is 342 g/mol. The van der Waals surface area contributed by atoms with E-state index in [1.54, 1.807) is 11.3 Å². The minimum Gasteiger partial charge on any atom is -0.491 e. The van der Waals surface area contributed by atoms with Gasteiger partial charge in [-0.1, -0.05) is 30.3 Å². The fourth-order valence-electron chi connectivity index (χ4n) is 2.63. The van der Waals surface area contributed by atoms with Crippen molar-refractivity contribution in [2.75, 3.05) is 20.2 Å². The molecule has 3 aromatic rings. The summed E-state index contributed by atoms with van der Waals surface area (Å²) in [5.41, 5.74) is 1.04. The molecule has 0 aliphatic carbocycles. The van der Waals surface area contributed by atoms with Crippen LogP contribution in [0.3, 0.4) is 0 Å². The van der Waals surface area contributed by atoms with Gasteiger partial charge in [-0.15, -0.1) is 11.3 Å². The summed E-state index contributed by atoms with van der Waals surface area (Å²) >= 11 is 1.65. The first kappa shape index (κ1) is 16.9. The Hall–Kier alpha value is -1.95. The predicted octanol–water partition coefficient (Wildman–Crippen LogP) is 3.48. The average molecular weight is 342 g/mol. The second kappa shape index (κ2) is 7.75. The van der Waals surface area contributed by atoms with Crippen LogP contribution in [0.15, 0.2) is 47.8 Å². The highest BCUT2D eigenvalue weighted by atomic mass is 32.1. The van der Waals surface area contributed by atoms with Gasteiger partial charge in [0.2, 0.25) is 0 Å². The molecule has 0 saturated heterocycles. The van der Waals surface area contributed by atoms with Gasteiger partial charge in [0, 0.05) is 17.6 Å². The lowest BCUT2D eigenvalue weighted by Gasteiger charge is -2.20. The molecule has 4 nitrogen and oxygen atoms in total. The van der Waals surface area contributed by atoms with Crippen molar-refractivity contribution < 1.29 is 9.84 Å². The molecular formula is C19H22N2O2S. The van der Waals surface area contributed by atoms with E-state index in [1.807, 2.05) is 49.7 Å². The summed E-state index contributed by atoms with van der Waals surface area (Å²) in [4.78, 5) is 6.51. The fourth-order valence-corrected chi connectivity index (χ4v) is 3.48. The van der Waals surface area contributed by atoms with Crippen LogP contribution in [0.1, 0.15) is 10.7 Å². The molecule has 1 aromatic heterocycles. The molecule has 2 aromatic carbocycles. The van der Waals surface area contributed by atoms with Crippen molar-refractivity contribution >= 4 is 22.1 Å². The minimum atomic E-state index is -0.539. The van der Waals surface area contributed by atoms with Crippen LogP contribution in [0.4, 0.5) is 0 Å². The average Bonchev–Trinajstić information content (AvgIpc) is 2.97. The number of fused-ring (bicyclic) bond motifs is 1. The van der Waals surface area contributed by atoms with Crippen molar-refractivity contribution in [2.24, 2.45) is 0 Å². The lowest BCUT2D eigenvalue weighted by molar-refractivity contribution is 0.0744. The summed E-state index contributed by atoms with van der Waals surface area (Å²) in [5, 5.41) is 15.6. The van der Waals surface area contributed by atoms with Gasteiger partial charge in [-0.25, -0.2) is 4.98 Å². The third-order valence-electron chi connectivity index (χ3n) is 3.76. The summed E-state index contributed by atoms with van der Waals surface area (Å²) < 4.78 is 5.74. The maximum atomic E-state index is 10.2.